The summed E-state index contributed by atoms with van der Waals surface area (Å²) in [6.45, 7) is 8.25. The van der Waals surface area contributed by atoms with E-state index in [1.807, 2.05) is 74.5 Å². The van der Waals surface area contributed by atoms with Crippen molar-refractivity contribution >= 4 is 49.0 Å². The number of ketones is 2. The first-order valence-electron chi connectivity index (χ1n) is 28.5. The fraction of sp³-hybridized carbons (Fsp3) is 0.525. The van der Waals surface area contributed by atoms with Crippen molar-refractivity contribution in [2.75, 3.05) is 31.7 Å². The Morgan fingerprint density at radius 2 is 1.66 bits per heavy atom. The summed E-state index contributed by atoms with van der Waals surface area (Å²) in [6.07, 6.45) is 5.65. The Bertz CT molecular complexity index is 3030. The first-order chi connectivity index (χ1) is 39.2. The van der Waals surface area contributed by atoms with E-state index in [1.165, 1.54) is 0 Å². The predicted octanol–water partition coefficient (Wildman–Crippen LogP) is 8.43. The molecule has 1 aliphatic heterocycles. The number of fused-ring (bicyclic) bond motifs is 10. The number of ether oxygens (including phenoxy) is 3. The lowest BCUT2D eigenvalue weighted by Crippen LogP contribution is -2.63. The van der Waals surface area contributed by atoms with E-state index < -0.39 is 97.1 Å². The van der Waals surface area contributed by atoms with Crippen LogP contribution in [0, 0.1) is 45.8 Å². The van der Waals surface area contributed by atoms with Gasteiger partial charge in [-0.1, -0.05) is 113 Å². The zero-order valence-electron chi connectivity index (χ0n) is 47.1. The summed E-state index contributed by atoms with van der Waals surface area (Å²) in [6, 6.07) is 21.1. The number of nitrogens with one attached hydrogen (secondary N) is 4. The lowest BCUT2D eigenvalue weighted by Gasteiger charge is -2.59. The van der Waals surface area contributed by atoms with Crippen molar-refractivity contribution in [3.63, 3.8) is 0 Å². The van der Waals surface area contributed by atoms with Gasteiger partial charge in [0.1, 0.15) is 25.3 Å². The van der Waals surface area contributed by atoms with Crippen LogP contribution in [0.15, 0.2) is 96.6 Å². The van der Waals surface area contributed by atoms with E-state index in [2.05, 4.69) is 28.2 Å². The number of hydrogen-bond donors (Lipinski definition) is 6. The van der Waals surface area contributed by atoms with Crippen LogP contribution in [-0.4, -0.2) is 103 Å². The number of amides is 5. The average molecular weight is 1150 g/mol. The molecule has 0 bridgehead atoms. The number of aliphatic hydroxyl groups is 1. The predicted molar refractivity (Wildman–Crippen MR) is 301 cm³/mol. The number of carbonyl (C=O) groups excluding carboxylic acids is 6. The summed E-state index contributed by atoms with van der Waals surface area (Å²) in [5.74, 6) is -2.80. The maximum absolute atomic E-state index is 15.0. The molecule has 82 heavy (non-hydrogen) atoms. The third-order valence-electron chi connectivity index (χ3n) is 17.8. The molecule has 438 valence electrons. The van der Waals surface area contributed by atoms with Crippen LogP contribution in [-0.2, 0) is 58.1 Å². The zero-order valence-corrected chi connectivity index (χ0v) is 48.0. The number of nitrogens with zero attached hydrogens (tertiary/aromatic N) is 1. The molecule has 3 unspecified atom stereocenters. The lowest BCUT2D eigenvalue weighted by atomic mass is 9.46. The molecule has 6 aliphatic rings. The van der Waals surface area contributed by atoms with Crippen molar-refractivity contribution in [3.05, 3.63) is 113 Å². The van der Waals surface area contributed by atoms with Crippen LogP contribution in [0.4, 0.5) is 15.3 Å². The molecule has 4 fully saturated rings. The van der Waals surface area contributed by atoms with Crippen LogP contribution < -0.4 is 27.0 Å². The molecule has 3 aromatic carbocycles. The molecule has 21 heteroatoms. The third kappa shape index (κ3) is 12.1. The zero-order chi connectivity index (χ0) is 58.6. The van der Waals surface area contributed by atoms with E-state index in [0.29, 0.717) is 36.9 Å². The normalized spacial score (nSPS) is 28.1. The van der Waals surface area contributed by atoms with Gasteiger partial charge < -0.3 is 46.3 Å². The largest absolute Gasteiger partial charge is 0.475 e. The van der Waals surface area contributed by atoms with E-state index in [9.17, 15) is 38.9 Å². The molecular weight excluding hydrogens is 1070 g/mol. The molecular formula is C61H75N6O14P. The Balaban J connectivity index is 0.836. The second kappa shape index (κ2) is 25.1. The summed E-state index contributed by atoms with van der Waals surface area (Å²) in [5.41, 5.74) is 8.21. The Morgan fingerprint density at radius 3 is 2.33 bits per heavy atom. The number of alkyl carbamates (subject to hydrolysis) is 1. The third-order valence-corrected chi connectivity index (χ3v) is 19.2. The molecule has 9 rings (SSSR count). The van der Waals surface area contributed by atoms with Gasteiger partial charge in [-0.2, -0.15) is 5.26 Å². The molecule has 3 aromatic rings. The van der Waals surface area contributed by atoms with Crippen molar-refractivity contribution in [2.45, 2.75) is 141 Å². The fourth-order valence-electron chi connectivity index (χ4n) is 14.0. The smallest absolute Gasteiger partial charge is 0.449 e. The number of anilines is 1. The van der Waals surface area contributed by atoms with Crippen LogP contribution >= 0.6 is 7.82 Å². The minimum Gasteiger partial charge on any atom is -0.449 e. The van der Waals surface area contributed by atoms with Gasteiger partial charge in [0.2, 0.25) is 11.8 Å². The molecule has 5 amide bonds. The van der Waals surface area contributed by atoms with Gasteiger partial charge in [0.15, 0.2) is 23.5 Å². The summed E-state index contributed by atoms with van der Waals surface area (Å²) >= 11 is 0. The van der Waals surface area contributed by atoms with Gasteiger partial charge in [0, 0.05) is 34.9 Å². The summed E-state index contributed by atoms with van der Waals surface area (Å²) in [5, 5.41) is 32.3. The van der Waals surface area contributed by atoms with Crippen molar-refractivity contribution in [3.8, 4) is 17.2 Å². The number of benzene rings is 3. The molecule has 0 aromatic heterocycles. The molecule has 3 saturated carbocycles. The minimum absolute atomic E-state index is 0.0274. The number of Topliss-reactive ketones (excluding diaryl/α,β-unsaturated/α-hetero) is 1. The van der Waals surface area contributed by atoms with Gasteiger partial charge in [-0.05, 0) is 115 Å². The Morgan fingerprint density at radius 1 is 0.951 bits per heavy atom. The van der Waals surface area contributed by atoms with Crippen LogP contribution in [0.2, 0.25) is 0 Å². The fourth-order valence-corrected chi connectivity index (χ4v) is 15.1. The van der Waals surface area contributed by atoms with Crippen molar-refractivity contribution < 1.29 is 66.2 Å². The first kappa shape index (κ1) is 60.0. The second-order valence-corrected chi connectivity index (χ2v) is 24.8. The maximum Gasteiger partial charge on any atom is 0.475 e. The summed E-state index contributed by atoms with van der Waals surface area (Å²) < 4.78 is 50.8. The Hall–Kier alpha value is -6.56. The number of rotatable bonds is 24. The van der Waals surface area contributed by atoms with Crippen molar-refractivity contribution in [1.82, 2.24) is 16.0 Å². The number of phosphoric ester groups is 1. The molecule has 7 N–H and O–H groups in total. The number of carbonyl (C=O) groups is 6. The highest BCUT2D eigenvalue weighted by Crippen LogP contribution is 2.70. The standard InChI is InChI=1S/C61H75N6O14P/c1-6-13-52-80-51-31-47-45-24-21-38-30-40(68)25-26-59(38,4)53(45)49(69)32-60(47,5)61(51,81-52)50(70)35-79-82(75,77-29-12-27-62)78-33-37-19-22-39(23-20-37)65-55(71)48(18-11-28-64-57(63)73)66-56(72)54(36(2)3)67-58(74)76-34-46-43-16-9-7-14-41(43)42-15-8-10-17-44(42)46/h7-10,14-17,19-20,22-23,25-26,30,36,45-49,51-54,69H,6,11-13,18,21,24,28-29,31-35H2,1-5H3,(H,65,71)(H,66,72)(H,67,74)(H3,63,64,73)/t45-,47-,48?,49-,51+,52?,53+,54-,59-,60-,61+,82?/m0/s1. The van der Waals surface area contributed by atoms with Crippen LogP contribution in [0.3, 0.4) is 0 Å². The van der Waals surface area contributed by atoms with E-state index in [-0.39, 0.29) is 81.5 Å². The Kier molecular flexibility index (Phi) is 18.4. The monoisotopic (exact) mass is 1150 g/mol. The van der Waals surface area contributed by atoms with Gasteiger partial charge in [-0.15, -0.1) is 0 Å². The summed E-state index contributed by atoms with van der Waals surface area (Å²) in [4.78, 5) is 80.1. The maximum atomic E-state index is 15.0. The van der Waals surface area contributed by atoms with E-state index in [1.54, 1.807) is 50.3 Å². The van der Waals surface area contributed by atoms with Gasteiger partial charge in [-0.25, -0.2) is 14.2 Å². The number of nitriles is 1. The van der Waals surface area contributed by atoms with Gasteiger partial charge >= 0.3 is 19.9 Å². The SMILES string of the molecule is CCCC1O[C@@H]2C[C@H]3[C@@H]4CCC5=CC(=O)C=C[C@]5(C)[C@H]4[C@@H](O)C[C@]3(C)[C@]2(C(=O)COP(=O)(OCCC#N)OCc2ccc(NC(=O)C(CCCNC(N)=O)NC(=O)[C@@H](NC(=O)OCC3c4ccccc4-c4ccccc43)C(C)C)cc2)O1. The van der Waals surface area contributed by atoms with E-state index in [0.717, 1.165) is 34.2 Å². The van der Waals surface area contributed by atoms with Crippen LogP contribution in [0.5, 0.6) is 0 Å². The van der Waals surface area contributed by atoms with Crippen molar-refractivity contribution in [2.24, 2.45) is 40.2 Å². The molecule has 1 saturated heterocycles. The highest BCUT2D eigenvalue weighted by molar-refractivity contribution is 7.48. The first-order valence-corrected chi connectivity index (χ1v) is 29.9. The quantitative estimate of drug-likeness (QED) is 0.0362. The molecule has 20 nitrogen and oxygen atoms in total. The number of urea groups is 1. The second-order valence-electron chi connectivity index (χ2n) is 23.2. The number of nitrogens with two attached hydrogens (primary N) is 1. The minimum atomic E-state index is -4.58. The molecule has 5 aliphatic carbocycles. The average Bonchev–Trinajstić information content (AvgIpc) is 2.49. The van der Waals surface area contributed by atoms with Crippen LogP contribution in [0.1, 0.15) is 115 Å². The van der Waals surface area contributed by atoms with E-state index >= 15 is 4.79 Å². The number of allylic oxidation sites excluding steroid dienone is 4. The summed E-state index contributed by atoms with van der Waals surface area (Å²) in [7, 11) is -4.58. The molecule has 1 heterocycles. The Labute approximate surface area is 478 Å². The highest BCUT2D eigenvalue weighted by atomic mass is 31.2. The highest BCUT2D eigenvalue weighted by Gasteiger charge is 2.76. The van der Waals surface area contributed by atoms with Gasteiger partial charge in [-0.3, -0.25) is 32.7 Å². The van der Waals surface area contributed by atoms with E-state index in [4.69, 9.17) is 33.5 Å². The topological polar surface area (TPSA) is 293 Å². The number of aliphatic hydroxyl groups excluding tert-OH is 1. The molecule has 0 spiro atoms. The van der Waals surface area contributed by atoms with Gasteiger partial charge in [0.05, 0.1) is 37.9 Å². The van der Waals surface area contributed by atoms with Crippen molar-refractivity contribution in [1.29, 1.82) is 5.26 Å². The number of phosphoric acid groups is 1. The van der Waals surface area contributed by atoms with Gasteiger partial charge in [0.25, 0.3) is 0 Å². The molecule has 12 atom stereocenters. The van der Waals surface area contributed by atoms with Crippen LogP contribution in [0.25, 0.3) is 11.1 Å². The lowest BCUT2D eigenvalue weighted by molar-refractivity contribution is -0.200. The number of primary amides is 1. The molecule has 0 radical (unpaired) electrons. The number of hydrogen-bond acceptors (Lipinski definition) is 15.